The molecule has 0 spiro atoms. The lowest BCUT2D eigenvalue weighted by Gasteiger charge is -2.27. The molecule has 0 heterocycles. The lowest BCUT2D eigenvalue weighted by atomic mass is 10.00. The molecule has 0 radical (unpaired) electrons. The minimum atomic E-state index is -1.85. The first-order valence-corrected chi connectivity index (χ1v) is 23.2. The van der Waals surface area contributed by atoms with E-state index in [1.807, 2.05) is 0 Å². The van der Waals surface area contributed by atoms with Crippen molar-refractivity contribution in [2.45, 2.75) is 44.7 Å². The van der Waals surface area contributed by atoms with Crippen molar-refractivity contribution in [3.63, 3.8) is 0 Å². The largest absolute Gasteiger partial charge is 0.395 e. The first-order valence-electron chi connectivity index (χ1n) is 18.9. The summed E-state index contributed by atoms with van der Waals surface area (Å²) in [6, 6.07) is 0. The van der Waals surface area contributed by atoms with Crippen molar-refractivity contribution in [1.29, 1.82) is 0 Å². The smallest absolute Gasteiger partial charge is 0.256 e. The number of hydrogen-bond acceptors (Lipinski definition) is 16. The molecule has 6 amide bonds. The molecule has 14 N–H and O–H groups in total. The van der Waals surface area contributed by atoms with E-state index in [9.17, 15) is 79.8 Å². The van der Waals surface area contributed by atoms with Gasteiger partial charge in [0, 0.05) is 46.4 Å². The average molecular weight is 1340 g/mol. The fourth-order valence-corrected chi connectivity index (χ4v) is 11.2. The molecule has 2 aromatic carbocycles. The zero-order chi connectivity index (χ0) is 47.9. The number of aliphatic hydroxyl groups is 10. The van der Waals surface area contributed by atoms with Crippen LogP contribution < -0.4 is 21.3 Å². The summed E-state index contributed by atoms with van der Waals surface area (Å²) in [7, 11) is 0. The van der Waals surface area contributed by atoms with E-state index in [1.54, 1.807) is 90.4 Å². The molecule has 0 bridgehead atoms. The second kappa shape index (κ2) is 27.4. The van der Waals surface area contributed by atoms with Crippen molar-refractivity contribution in [2.24, 2.45) is 0 Å². The molecule has 0 fully saturated rings. The number of amides is 6. The highest BCUT2D eigenvalue weighted by atomic mass is 127. The van der Waals surface area contributed by atoms with Crippen LogP contribution in [0.15, 0.2) is 0 Å². The zero-order valence-electron chi connectivity index (χ0n) is 33.8. The Hall–Kier alpha value is -2.22. The summed E-state index contributed by atoms with van der Waals surface area (Å²) in [5.74, 6) is -5.10. The molecule has 0 saturated carbocycles. The highest BCUT2D eigenvalue weighted by Gasteiger charge is 2.33. The van der Waals surface area contributed by atoms with Crippen LogP contribution in [0, 0.1) is 28.1 Å². The third kappa shape index (κ3) is 14.9. The topological polar surface area (TPSA) is 359 Å². The molecule has 0 aliphatic carbocycles. The van der Waals surface area contributed by atoms with Crippen LogP contribution in [0.4, 0.5) is 11.4 Å². The van der Waals surface area contributed by atoms with Gasteiger partial charge in [0.2, 0.25) is 0 Å². The molecular weight excluding hydrogens is 1290 g/mol. The highest BCUT2D eigenvalue weighted by Crippen LogP contribution is 2.37. The summed E-state index contributed by atoms with van der Waals surface area (Å²) >= 11 is 7.06. The van der Waals surface area contributed by atoms with Gasteiger partial charge < -0.3 is 82.1 Å². The van der Waals surface area contributed by atoms with E-state index >= 15 is 0 Å². The second-order valence-electron chi connectivity index (χ2n) is 13.6. The summed E-state index contributed by atoms with van der Waals surface area (Å²) in [6.45, 7) is -2.87. The van der Waals surface area contributed by atoms with E-state index < -0.39 is 113 Å². The number of halogens is 4. The maximum absolute atomic E-state index is 13.9. The van der Waals surface area contributed by atoms with Gasteiger partial charge in [0.1, 0.15) is 0 Å². The van der Waals surface area contributed by atoms with Gasteiger partial charge >= 0.3 is 0 Å². The number of carbonyl (C=O) groups is 6. The predicted octanol–water partition coefficient (Wildman–Crippen LogP) is -2.57. The van der Waals surface area contributed by atoms with Crippen molar-refractivity contribution in [3.05, 3.63) is 47.7 Å². The Morgan fingerprint density at radius 2 is 0.889 bits per heavy atom. The number of aliphatic hydroxyl groups excluding tert-OH is 10. The zero-order valence-corrected chi connectivity index (χ0v) is 42.5. The molecule has 2 aromatic rings. The summed E-state index contributed by atoms with van der Waals surface area (Å²) in [6.07, 6.45) is -6.36. The number of anilines is 2. The lowest BCUT2D eigenvalue weighted by molar-refractivity contribution is -0.126. The Bertz CT molecular complexity index is 1860. The summed E-state index contributed by atoms with van der Waals surface area (Å²) in [4.78, 5) is 83.1. The van der Waals surface area contributed by atoms with E-state index in [4.69, 9.17) is 0 Å². The molecule has 26 heteroatoms. The van der Waals surface area contributed by atoms with Crippen LogP contribution in [0.1, 0.15) is 59.0 Å². The number of nitrogens with one attached hydrogen (secondary N) is 4. The van der Waals surface area contributed by atoms with Crippen LogP contribution in [0.5, 0.6) is 0 Å². The van der Waals surface area contributed by atoms with Crippen LogP contribution >= 0.6 is 90.4 Å². The minimum Gasteiger partial charge on any atom is -0.395 e. The molecule has 352 valence electrons. The first kappa shape index (κ1) is 56.9. The third-order valence-corrected chi connectivity index (χ3v) is 13.4. The van der Waals surface area contributed by atoms with Gasteiger partial charge in [-0.2, -0.15) is 0 Å². The fraction of sp³-hybridized carbons (Fsp3) is 0.514. The van der Waals surface area contributed by atoms with E-state index in [-0.39, 0.29) is 91.6 Å². The van der Waals surface area contributed by atoms with E-state index in [1.165, 1.54) is 13.8 Å². The third-order valence-electron chi connectivity index (χ3n) is 9.11. The maximum Gasteiger partial charge on any atom is 0.256 e. The molecule has 0 aliphatic heterocycles. The van der Waals surface area contributed by atoms with Crippen LogP contribution in [-0.2, 0) is 9.59 Å². The standard InChI is InChI=1S/C37H50I4N6O16/c1-16-22(26(38)25(29(41)30(16)44-32(58)20(56)14-52)37(63)47(7-9-49)11-19(55)13-51)34(60)42-4-3-5-43-35(61)24-27(39)23(36(62)46(6-8-48)10-18(54)12-50)17(2)31(28(24)40)45-33(59)21(57)15-53/h18-21,48-57H,3-15H2,1-2H3,(H,42,60)(H,43,61)(H,44,58)(H,45,59). The molecule has 63 heavy (non-hydrogen) atoms. The molecule has 4 unspecified atom stereocenters. The Labute approximate surface area is 415 Å². The second-order valence-corrected chi connectivity index (χ2v) is 17.9. The number of nitrogens with zero attached hydrogens (tertiary/aromatic N) is 2. The molecular formula is C37H50I4N6O16. The summed E-state index contributed by atoms with van der Waals surface area (Å²) < 4.78 is 0.491. The Morgan fingerprint density at radius 3 is 1.29 bits per heavy atom. The summed E-state index contributed by atoms with van der Waals surface area (Å²) in [5, 5.41) is 107. The van der Waals surface area contributed by atoms with Gasteiger partial charge in [-0.05, 0) is 122 Å². The number of rotatable bonds is 24. The van der Waals surface area contributed by atoms with Crippen molar-refractivity contribution in [1.82, 2.24) is 20.4 Å². The Morgan fingerprint density at radius 1 is 0.524 bits per heavy atom. The van der Waals surface area contributed by atoms with Crippen molar-refractivity contribution in [2.75, 3.05) is 89.5 Å². The first-order chi connectivity index (χ1) is 29.7. The fourth-order valence-electron chi connectivity index (χ4n) is 5.79. The van der Waals surface area contributed by atoms with Gasteiger partial charge in [-0.15, -0.1) is 0 Å². The van der Waals surface area contributed by atoms with E-state index in [0.29, 0.717) is 0 Å². The average Bonchev–Trinajstić information content (AvgIpc) is 3.24. The Kier molecular flexibility index (Phi) is 24.8. The van der Waals surface area contributed by atoms with Crippen LogP contribution in [0.3, 0.4) is 0 Å². The number of benzene rings is 2. The van der Waals surface area contributed by atoms with Gasteiger partial charge in [0.25, 0.3) is 35.4 Å². The van der Waals surface area contributed by atoms with Gasteiger partial charge in [-0.1, -0.05) is 0 Å². The minimum absolute atomic E-state index is 0.0493. The maximum atomic E-state index is 13.9. The Balaban J connectivity index is 2.51. The normalized spacial score (nSPS) is 13.1. The van der Waals surface area contributed by atoms with Gasteiger partial charge in [-0.25, -0.2) is 0 Å². The van der Waals surface area contributed by atoms with Gasteiger partial charge in [0.05, 0.1) is 92.6 Å². The number of carbonyl (C=O) groups excluding carboxylic acids is 6. The predicted molar refractivity (Wildman–Crippen MR) is 258 cm³/mol. The van der Waals surface area contributed by atoms with Crippen molar-refractivity contribution < 1.29 is 79.8 Å². The number of hydrogen-bond donors (Lipinski definition) is 14. The van der Waals surface area contributed by atoms with E-state index in [0.717, 1.165) is 9.80 Å². The van der Waals surface area contributed by atoms with Crippen LogP contribution in [-0.4, -0.2) is 200 Å². The molecule has 0 saturated heterocycles. The van der Waals surface area contributed by atoms with Crippen LogP contribution in [0.25, 0.3) is 0 Å². The monoisotopic (exact) mass is 1340 g/mol. The van der Waals surface area contributed by atoms with Crippen molar-refractivity contribution >= 4 is 137 Å². The van der Waals surface area contributed by atoms with Gasteiger partial charge in [0.15, 0.2) is 12.2 Å². The molecule has 2 rings (SSSR count). The quantitative estimate of drug-likeness (QED) is 0.0380. The molecule has 0 aliphatic rings. The molecule has 4 atom stereocenters. The molecule has 22 nitrogen and oxygen atoms in total. The highest BCUT2D eigenvalue weighted by molar-refractivity contribution is 14.1. The SMILES string of the molecule is Cc1c(NC(=O)C(O)CO)c(I)c(C(=O)NCCCNC(=O)c2c(C)c(NC(=O)C(O)CO)c(I)c(C(=O)N(CCO)CC(O)CO)c2I)c(I)c1C(=O)N(CCO)CC(O)CO. The van der Waals surface area contributed by atoms with Gasteiger partial charge in [-0.3, -0.25) is 28.8 Å². The lowest BCUT2D eigenvalue weighted by Crippen LogP contribution is -2.42. The van der Waals surface area contributed by atoms with E-state index in [2.05, 4.69) is 21.3 Å². The summed E-state index contributed by atoms with van der Waals surface area (Å²) in [5.41, 5.74) is -0.164. The molecule has 0 aromatic heterocycles. The van der Waals surface area contributed by atoms with Crippen molar-refractivity contribution in [3.8, 4) is 0 Å². The van der Waals surface area contributed by atoms with Crippen LogP contribution in [0.2, 0.25) is 0 Å².